The molecule has 0 aromatic heterocycles. The van der Waals surface area contributed by atoms with Crippen LogP contribution in [0.15, 0.2) is 40.9 Å². The van der Waals surface area contributed by atoms with E-state index < -0.39 is 0 Å². The zero-order valence-corrected chi connectivity index (χ0v) is 13.5. The molecule has 0 fully saturated rings. The van der Waals surface area contributed by atoms with Gasteiger partial charge in [-0.15, -0.1) is 0 Å². The van der Waals surface area contributed by atoms with Gasteiger partial charge < -0.3 is 15.2 Å². The predicted molar refractivity (Wildman–Crippen MR) is 86.0 cm³/mol. The molecule has 0 radical (unpaired) electrons. The van der Waals surface area contributed by atoms with E-state index >= 15 is 0 Å². The molecule has 3 nitrogen and oxygen atoms in total. The lowest BCUT2D eigenvalue weighted by Crippen LogP contribution is -2.09. The van der Waals surface area contributed by atoms with Crippen LogP contribution in [0, 0.1) is 0 Å². The highest BCUT2D eigenvalue weighted by Gasteiger charge is 2.08. The van der Waals surface area contributed by atoms with Crippen molar-refractivity contribution in [3.8, 4) is 11.5 Å². The van der Waals surface area contributed by atoms with E-state index in [1.807, 2.05) is 24.3 Å². The number of nitrogens with two attached hydrogens (primary N) is 1. The zero-order chi connectivity index (χ0) is 14.5. The number of rotatable bonds is 5. The fourth-order valence-electron chi connectivity index (χ4n) is 1.58. The molecule has 0 aliphatic carbocycles. The Labute approximate surface area is 135 Å². The Morgan fingerprint density at radius 1 is 1.00 bits per heavy atom. The Hall–Kier alpha value is -1.10. The van der Waals surface area contributed by atoms with Crippen LogP contribution in [0.25, 0.3) is 0 Å². The minimum atomic E-state index is 0.329. The summed E-state index contributed by atoms with van der Waals surface area (Å²) < 4.78 is 12.0. The van der Waals surface area contributed by atoms with Gasteiger partial charge in [-0.25, -0.2) is 0 Å². The van der Waals surface area contributed by atoms with E-state index in [0.717, 1.165) is 10.2 Å². The number of hydrogen-bond donors (Lipinski definition) is 1. The molecular weight excluding hydrogens is 365 g/mol. The summed E-state index contributed by atoms with van der Waals surface area (Å²) >= 11 is 15.4. The molecule has 2 N–H and O–H groups in total. The van der Waals surface area contributed by atoms with Crippen LogP contribution < -0.4 is 15.2 Å². The molecule has 0 bridgehead atoms. The average molecular weight is 377 g/mol. The molecule has 0 unspecified atom stereocenters. The van der Waals surface area contributed by atoms with Crippen molar-refractivity contribution in [3.63, 3.8) is 0 Å². The van der Waals surface area contributed by atoms with Gasteiger partial charge in [0.25, 0.3) is 0 Å². The van der Waals surface area contributed by atoms with E-state index in [-0.39, 0.29) is 0 Å². The molecule has 106 valence electrons. The molecule has 20 heavy (non-hydrogen) atoms. The third kappa shape index (κ3) is 4.20. The number of anilines is 1. The Balaban J connectivity index is 1.88. The maximum absolute atomic E-state index is 6.02. The van der Waals surface area contributed by atoms with Gasteiger partial charge in [0.2, 0.25) is 0 Å². The normalized spacial score (nSPS) is 10.3. The summed E-state index contributed by atoms with van der Waals surface area (Å²) in [6.45, 7) is 0.712. The van der Waals surface area contributed by atoms with Crippen LogP contribution in [0.2, 0.25) is 10.0 Å². The lowest BCUT2D eigenvalue weighted by molar-refractivity contribution is 0.217. The van der Waals surface area contributed by atoms with Gasteiger partial charge in [0, 0.05) is 10.2 Å². The molecule has 6 heteroatoms. The number of halogens is 3. The average Bonchev–Trinajstić information content (AvgIpc) is 2.36. The summed E-state index contributed by atoms with van der Waals surface area (Å²) in [7, 11) is 0. The Morgan fingerprint density at radius 3 is 2.30 bits per heavy atom. The third-order valence-corrected chi connectivity index (χ3v) is 3.47. The first-order valence-corrected chi connectivity index (χ1v) is 7.37. The van der Waals surface area contributed by atoms with E-state index in [0.29, 0.717) is 34.7 Å². The molecule has 0 heterocycles. The van der Waals surface area contributed by atoms with Crippen molar-refractivity contribution in [1.29, 1.82) is 0 Å². The maximum atomic E-state index is 6.02. The van der Waals surface area contributed by atoms with E-state index in [9.17, 15) is 0 Å². The van der Waals surface area contributed by atoms with Crippen molar-refractivity contribution in [2.24, 2.45) is 0 Å². The highest BCUT2D eigenvalue weighted by atomic mass is 79.9. The van der Waals surface area contributed by atoms with E-state index in [2.05, 4.69) is 15.9 Å². The fourth-order valence-corrected chi connectivity index (χ4v) is 2.57. The molecule has 0 spiro atoms. The first kappa shape index (κ1) is 15.3. The first-order valence-electron chi connectivity index (χ1n) is 5.82. The van der Waals surface area contributed by atoms with Gasteiger partial charge in [-0.05, 0) is 30.3 Å². The number of ether oxygens (including phenoxy) is 2. The molecule has 0 atom stereocenters. The molecule has 2 rings (SSSR count). The zero-order valence-electron chi connectivity index (χ0n) is 10.4. The summed E-state index contributed by atoms with van der Waals surface area (Å²) in [5.41, 5.74) is 6.12. The molecule has 2 aromatic rings. The van der Waals surface area contributed by atoms with Crippen molar-refractivity contribution in [3.05, 3.63) is 50.9 Å². The first-order chi connectivity index (χ1) is 9.56. The molecule has 0 amide bonds. The smallest absolute Gasteiger partial charge is 0.156 e. The quantitative estimate of drug-likeness (QED) is 0.602. The summed E-state index contributed by atoms with van der Waals surface area (Å²) in [5, 5.41) is 0.773. The summed E-state index contributed by atoms with van der Waals surface area (Å²) in [6, 6.07) is 10.8. The summed E-state index contributed by atoms with van der Waals surface area (Å²) in [4.78, 5) is 0. The van der Waals surface area contributed by atoms with Gasteiger partial charge in [0.05, 0.1) is 10.0 Å². The lowest BCUT2D eigenvalue weighted by atomic mass is 10.3. The van der Waals surface area contributed by atoms with Gasteiger partial charge in [-0.1, -0.05) is 45.2 Å². The monoisotopic (exact) mass is 375 g/mol. The van der Waals surface area contributed by atoms with Crippen LogP contribution in [0.1, 0.15) is 0 Å². The minimum absolute atomic E-state index is 0.329. The lowest BCUT2D eigenvalue weighted by Gasteiger charge is -2.11. The second kappa shape index (κ2) is 7.07. The Kier molecular flexibility index (Phi) is 5.40. The van der Waals surface area contributed by atoms with Crippen molar-refractivity contribution >= 4 is 44.8 Å². The van der Waals surface area contributed by atoms with Crippen molar-refractivity contribution in [2.75, 3.05) is 18.9 Å². The predicted octanol–water partition coefficient (Wildman–Crippen LogP) is 4.80. The van der Waals surface area contributed by atoms with Gasteiger partial charge in [0.15, 0.2) is 5.75 Å². The molecule has 0 aliphatic heterocycles. The van der Waals surface area contributed by atoms with Gasteiger partial charge >= 0.3 is 0 Å². The molecule has 0 saturated heterocycles. The highest BCUT2D eigenvalue weighted by molar-refractivity contribution is 9.10. The van der Waals surface area contributed by atoms with Crippen molar-refractivity contribution < 1.29 is 9.47 Å². The Bertz CT molecular complexity index is 584. The van der Waals surface area contributed by atoms with Gasteiger partial charge in [-0.3, -0.25) is 0 Å². The largest absolute Gasteiger partial charge is 0.490 e. The minimum Gasteiger partial charge on any atom is -0.490 e. The highest BCUT2D eigenvalue weighted by Crippen LogP contribution is 2.35. The molecule has 0 saturated carbocycles. The van der Waals surface area contributed by atoms with Crippen LogP contribution in [-0.2, 0) is 0 Å². The molecule has 0 aliphatic rings. The van der Waals surface area contributed by atoms with Crippen LogP contribution >= 0.6 is 39.1 Å². The van der Waals surface area contributed by atoms with Crippen molar-refractivity contribution in [1.82, 2.24) is 0 Å². The second-order valence-corrected chi connectivity index (χ2v) is 5.70. The van der Waals surface area contributed by atoms with Gasteiger partial charge in [0.1, 0.15) is 19.0 Å². The van der Waals surface area contributed by atoms with Crippen molar-refractivity contribution in [2.45, 2.75) is 0 Å². The van der Waals surface area contributed by atoms with Crippen LogP contribution in [0.4, 0.5) is 5.69 Å². The summed E-state index contributed by atoms with van der Waals surface area (Å²) in [6.07, 6.45) is 0. The fraction of sp³-hybridized carbons (Fsp3) is 0.143. The third-order valence-electron chi connectivity index (χ3n) is 2.42. The van der Waals surface area contributed by atoms with Gasteiger partial charge in [-0.2, -0.15) is 0 Å². The second-order valence-electron chi connectivity index (χ2n) is 3.97. The maximum Gasteiger partial charge on any atom is 0.156 e. The molecule has 2 aromatic carbocycles. The standard InChI is InChI=1S/C14H12BrCl2NO2/c15-9-2-1-3-11(6-9)19-4-5-20-14-12(16)7-10(18)8-13(14)17/h1-3,6-8H,4-5,18H2. The van der Waals surface area contributed by atoms with E-state index in [1.54, 1.807) is 12.1 Å². The number of hydrogen-bond acceptors (Lipinski definition) is 3. The SMILES string of the molecule is Nc1cc(Cl)c(OCCOc2cccc(Br)c2)c(Cl)c1. The molecular formula is C14H12BrCl2NO2. The number of nitrogen functional groups attached to an aromatic ring is 1. The Morgan fingerprint density at radius 2 is 1.65 bits per heavy atom. The van der Waals surface area contributed by atoms with Crippen LogP contribution in [0.3, 0.4) is 0 Å². The van der Waals surface area contributed by atoms with E-state index in [1.165, 1.54) is 0 Å². The summed E-state index contributed by atoms with van der Waals surface area (Å²) in [5.74, 6) is 1.18. The van der Waals surface area contributed by atoms with E-state index in [4.69, 9.17) is 38.4 Å². The van der Waals surface area contributed by atoms with Crippen LogP contribution in [-0.4, -0.2) is 13.2 Å². The van der Waals surface area contributed by atoms with Crippen LogP contribution in [0.5, 0.6) is 11.5 Å². The topological polar surface area (TPSA) is 44.5 Å². The number of benzene rings is 2.